The standard InChI is InChI=1S/C22H19N3O3S/c1-2-28-21(27)20-19(14-8-4-3-5-9-14)25-22(29-20)24-18(26)12-15-13-23-17-11-7-6-10-16(15)17/h3-11,13,23H,2,12H2,1H3,(H,24,25,26). The third-order valence-electron chi connectivity index (χ3n) is 4.41. The van der Waals surface area contributed by atoms with E-state index < -0.39 is 5.97 Å². The van der Waals surface area contributed by atoms with Crippen LogP contribution in [0.1, 0.15) is 22.2 Å². The highest BCUT2D eigenvalue weighted by Gasteiger charge is 2.21. The largest absolute Gasteiger partial charge is 0.462 e. The maximum atomic E-state index is 12.6. The van der Waals surface area contributed by atoms with Crippen molar-refractivity contribution in [2.45, 2.75) is 13.3 Å². The minimum absolute atomic E-state index is 0.196. The SMILES string of the molecule is CCOC(=O)c1sc(NC(=O)Cc2c[nH]c3ccccc23)nc1-c1ccccc1. The van der Waals surface area contributed by atoms with E-state index >= 15 is 0 Å². The number of esters is 1. The predicted octanol–water partition coefficient (Wildman–Crippen LogP) is 4.65. The molecule has 6 nitrogen and oxygen atoms in total. The summed E-state index contributed by atoms with van der Waals surface area (Å²) in [5.41, 5.74) is 3.20. The number of thiazole rings is 1. The van der Waals surface area contributed by atoms with Gasteiger partial charge >= 0.3 is 5.97 Å². The van der Waals surface area contributed by atoms with Crippen LogP contribution in [0.5, 0.6) is 0 Å². The third-order valence-corrected chi connectivity index (χ3v) is 5.36. The summed E-state index contributed by atoms with van der Waals surface area (Å²) < 4.78 is 5.16. The van der Waals surface area contributed by atoms with Gasteiger partial charge in [0.25, 0.3) is 0 Å². The molecule has 0 unspecified atom stereocenters. The number of carbonyl (C=O) groups is 2. The average Bonchev–Trinajstić information content (AvgIpc) is 3.33. The highest BCUT2D eigenvalue weighted by molar-refractivity contribution is 7.18. The number of nitrogens with one attached hydrogen (secondary N) is 2. The van der Waals surface area contributed by atoms with Crippen molar-refractivity contribution < 1.29 is 14.3 Å². The molecule has 4 aromatic rings. The third kappa shape index (κ3) is 4.05. The number of fused-ring (bicyclic) bond motifs is 1. The fourth-order valence-corrected chi connectivity index (χ4v) is 4.01. The van der Waals surface area contributed by atoms with Crippen molar-refractivity contribution in [1.82, 2.24) is 9.97 Å². The molecule has 2 N–H and O–H groups in total. The van der Waals surface area contributed by atoms with Gasteiger partial charge < -0.3 is 15.0 Å². The van der Waals surface area contributed by atoms with Crippen molar-refractivity contribution in [3.8, 4) is 11.3 Å². The second-order valence-corrected chi connectivity index (χ2v) is 7.37. The number of anilines is 1. The van der Waals surface area contributed by atoms with Gasteiger partial charge in [-0.15, -0.1) is 0 Å². The second kappa shape index (κ2) is 8.28. The monoisotopic (exact) mass is 405 g/mol. The molecule has 1 amide bonds. The molecule has 0 aliphatic heterocycles. The Bertz CT molecular complexity index is 1160. The summed E-state index contributed by atoms with van der Waals surface area (Å²) in [5.74, 6) is -0.639. The molecular formula is C22H19N3O3S. The van der Waals surface area contributed by atoms with Gasteiger partial charge in [0.2, 0.25) is 5.91 Å². The Hall–Kier alpha value is -3.45. The number of hydrogen-bond donors (Lipinski definition) is 2. The molecule has 0 saturated carbocycles. The van der Waals surface area contributed by atoms with Crippen LogP contribution in [0.15, 0.2) is 60.8 Å². The molecule has 0 radical (unpaired) electrons. The Labute approximate surface area is 171 Å². The molecule has 2 aromatic heterocycles. The van der Waals surface area contributed by atoms with E-state index in [1.807, 2.05) is 60.8 Å². The first-order valence-electron chi connectivity index (χ1n) is 9.24. The Kier molecular flexibility index (Phi) is 5.39. The average molecular weight is 405 g/mol. The molecule has 0 aliphatic rings. The van der Waals surface area contributed by atoms with Crippen LogP contribution in [-0.4, -0.2) is 28.5 Å². The molecule has 2 heterocycles. The quantitative estimate of drug-likeness (QED) is 0.457. The van der Waals surface area contributed by atoms with Gasteiger partial charge in [0, 0.05) is 22.7 Å². The lowest BCUT2D eigenvalue weighted by molar-refractivity contribution is -0.115. The van der Waals surface area contributed by atoms with Crippen LogP contribution in [0.4, 0.5) is 5.13 Å². The van der Waals surface area contributed by atoms with Gasteiger partial charge in [-0.1, -0.05) is 59.9 Å². The maximum absolute atomic E-state index is 12.6. The van der Waals surface area contributed by atoms with Gasteiger partial charge in [0.1, 0.15) is 4.88 Å². The number of ether oxygens (including phenoxy) is 1. The number of benzene rings is 2. The number of carbonyl (C=O) groups excluding carboxylic acids is 2. The van der Waals surface area contributed by atoms with Crippen molar-refractivity contribution in [3.63, 3.8) is 0 Å². The number of nitrogens with zero attached hydrogens (tertiary/aromatic N) is 1. The van der Waals surface area contributed by atoms with Gasteiger partial charge in [0.05, 0.1) is 18.7 Å². The Morgan fingerprint density at radius 3 is 2.66 bits per heavy atom. The predicted molar refractivity (Wildman–Crippen MR) is 114 cm³/mol. The summed E-state index contributed by atoms with van der Waals surface area (Å²) >= 11 is 1.12. The summed E-state index contributed by atoms with van der Waals surface area (Å²) in [6.07, 6.45) is 2.05. The van der Waals surface area contributed by atoms with Crippen molar-refractivity contribution in [3.05, 3.63) is 71.2 Å². The molecule has 2 aromatic carbocycles. The summed E-state index contributed by atoms with van der Waals surface area (Å²) in [4.78, 5) is 33.0. The molecule has 0 aliphatic carbocycles. The van der Waals surface area contributed by atoms with E-state index in [2.05, 4.69) is 15.3 Å². The number of aromatic nitrogens is 2. The van der Waals surface area contributed by atoms with Crippen LogP contribution in [0.3, 0.4) is 0 Å². The number of amides is 1. The fraction of sp³-hybridized carbons (Fsp3) is 0.136. The lowest BCUT2D eigenvalue weighted by Crippen LogP contribution is -2.14. The number of aromatic amines is 1. The fourth-order valence-electron chi connectivity index (χ4n) is 3.11. The van der Waals surface area contributed by atoms with Gasteiger partial charge in [0.15, 0.2) is 5.13 Å². The van der Waals surface area contributed by atoms with Crippen molar-refractivity contribution in [2.75, 3.05) is 11.9 Å². The number of para-hydroxylation sites is 1. The van der Waals surface area contributed by atoms with Gasteiger partial charge in [-0.25, -0.2) is 9.78 Å². The van der Waals surface area contributed by atoms with Crippen LogP contribution in [0, 0.1) is 0 Å². The van der Waals surface area contributed by atoms with Gasteiger partial charge in [-0.2, -0.15) is 0 Å². The lowest BCUT2D eigenvalue weighted by Gasteiger charge is -2.01. The molecule has 0 fully saturated rings. The van der Waals surface area contributed by atoms with Crippen molar-refractivity contribution in [2.24, 2.45) is 0 Å². The first-order chi connectivity index (χ1) is 14.2. The topological polar surface area (TPSA) is 84.1 Å². The summed E-state index contributed by atoms with van der Waals surface area (Å²) in [7, 11) is 0. The van der Waals surface area contributed by atoms with Gasteiger partial charge in [-0.3, -0.25) is 4.79 Å². The van der Waals surface area contributed by atoms with E-state index in [1.54, 1.807) is 6.92 Å². The van der Waals surface area contributed by atoms with Crippen molar-refractivity contribution in [1.29, 1.82) is 0 Å². The van der Waals surface area contributed by atoms with Crippen LogP contribution in [-0.2, 0) is 16.0 Å². The number of H-pyrrole nitrogens is 1. The van der Waals surface area contributed by atoms with E-state index in [4.69, 9.17) is 4.74 Å². The van der Waals surface area contributed by atoms with Crippen LogP contribution >= 0.6 is 11.3 Å². The first kappa shape index (κ1) is 18.9. The number of rotatable bonds is 6. The van der Waals surface area contributed by atoms with Crippen LogP contribution < -0.4 is 5.32 Å². The Morgan fingerprint density at radius 1 is 1.10 bits per heavy atom. The molecule has 0 atom stereocenters. The minimum atomic E-state index is -0.444. The molecule has 4 rings (SSSR count). The zero-order valence-electron chi connectivity index (χ0n) is 15.8. The Balaban J connectivity index is 1.58. The van der Waals surface area contributed by atoms with Crippen LogP contribution in [0.25, 0.3) is 22.2 Å². The van der Waals surface area contributed by atoms with Crippen LogP contribution in [0.2, 0.25) is 0 Å². The lowest BCUT2D eigenvalue weighted by atomic mass is 10.1. The van der Waals surface area contributed by atoms with E-state index in [1.165, 1.54) is 0 Å². The van der Waals surface area contributed by atoms with Gasteiger partial charge in [-0.05, 0) is 18.6 Å². The van der Waals surface area contributed by atoms with E-state index in [0.29, 0.717) is 15.7 Å². The smallest absolute Gasteiger partial charge is 0.350 e. The molecule has 0 saturated heterocycles. The first-order valence-corrected chi connectivity index (χ1v) is 10.1. The second-order valence-electron chi connectivity index (χ2n) is 6.37. The minimum Gasteiger partial charge on any atom is -0.462 e. The van der Waals surface area contributed by atoms with Crippen molar-refractivity contribution >= 4 is 39.2 Å². The highest BCUT2D eigenvalue weighted by Crippen LogP contribution is 2.32. The molecule has 7 heteroatoms. The summed E-state index contributed by atoms with van der Waals surface area (Å²) in [5, 5.41) is 4.20. The summed E-state index contributed by atoms with van der Waals surface area (Å²) in [6.45, 7) is 2.03. The van der Waals surface area contributed by atoms with E-state index in [9.17, 15) is 9.59 Å². The van der Waals surface area contributed by atoms with E-state index in [-0.39, 0.29) is 18.9 Å². The maximum Gasteiger partial charge on any atom is 0.350 e. The summed E-state index contributed by atoms with van der Waals surface area (Å²) in [6, 6.07) is 17.2. The molecule has 29 heavy (non-hydrogen) atoms. The molecular weight excluding hydrogens is 386 g/mol. The van der Waals surface area contributed by atoms with E-state index in [0.717, 1.165) is 33.4 Å². The molecule has 0 bridgehead atoms. The number of hydrogen-bond acceptors (Lipinski definition) is 5. The molecule has 146 valence electrons. The normalized spacial score (nSPS) is 10.8. The zero-order valence-corrected chi connectivity index (χ0v) is 16.6. The highest BCUT2D eigenvalue weighted by atomic mass is 32.1. The Morgan fingerprint density at radius 2 is 1.86 bits per heavy atom. The zero-order chi connectivity index (χ0) is 20.2. The molecule has 0 spiro atoms.